The third-order valence-corrected chi connectivity index (χ3v) is 8.61. The number of benzene rings is 2. The van der Waals surface area contributed by atoms with Gasteiger partial charge in [-0.1, -0.05) is 36.8 Å². The van der Waals surface area contributed by atoms with Crippen molar-refractivity contribution in [3.05, 3.63) is 53.6 Å². The van der Waals surface area contributed by atoms with Gasteiger partial charge in [0.1, 0.15) is 23.7 Å². The molecule has 0 spiro atoms. The number of methoxy groups -OCH3 is 1. The van der Waals surface area contributed by atoms with Gasteiger partial charge in [0, 0.05) is 11.3 Å². The van der Waals surface area contributed by atoms with Crippen molar-refractivity contribution in [2.24, 2.45) is 11.3 Å². The second kappa shape index (κ2) is 13.5. The fraction of sp³-hybridized carbons (Fsp3) is 0.545. The third-order valence-electron chi connectivity index (χ3n) is 8.16. The van der Waals surface area contributed by atoms with E-state index < -0.39 is 16.9 Å². The molecular formula is C33H44NO7P. The molecule has 0 aliphatic heterocycles. The first-order valence-corrected chi connectivity index (χ1v) is 15.4. The second-order valence-electron chi connectivity index (χ2n) is 12.7. The zero-order chi connectivity index (χ0) is 30.5. The van der Waals surface area contributed by atoms with Gasteiger partial charge in [0.15, 0.2) is 0 Å². The fourth-order valence-corrected chi connectivity index (χ4v) is 5.95. The van der Waals surface area contributed by atoms with E-state index in [0.29, 0.717) is 55.6 Å². The van der Waals surface area contributed by atoms with Crippen LogP contribution in [0, 0.1) is 11.3 Å². The van der Waals surface area contributed by atoms with Crippen molar-refractivity contribution >= 4 is 32.4 Å². The number of carbonyl (C=O) groups excluding carboxylic acids is 3. The highest BCUT2D eigenvalue weighted by atomic mass is 31.0. The summed E-state index contributed by atoms with van der Waals surface area (Å²) in [6.07, 6.45) is 4.81. The summed E-state index contributed by atoms with van der Waals surface area (Å²) in [4.78, 5) is 39.2. The number of rotatable bonds is 9. The van der Waals surface area contributed by atoms with Crippen LogP contribution in [-0.4, -0.2) is 42.7 Å². The van der Waals surface area contributed by atoms with E-state index in [2.05, 4.69) is 14.6 Å². The van der Waals surface area contributed by atoms with Gasteiger partial charge in [-0.15, -0.1) is 9.24 Å². The highest BCUT2D eigenvalue weighted by Crippen LogP contribution is 2.40. The molecule has 2 aliphatic rings. The largest absolute Gasteiger partial charge is 0.496 e. The lowest BCUT2D eigenvalue weighted by molar-refractivity contribution is -0.169. The van der Waals surface area contributed by atoms with Crippen LogP contribution >= 0.6 is 9.24 Å². The predicted octanol–water partition coefficient (Wildman–Crippen LogP) is 5.51. The first kappa shape index (κ1) is 31.8. The molecule has 0 radical (unpaired) electrons. The lowest BCUT2D eigenvalue weighted by Gasteiger charge is -2.37. The molecule has 2 saturated carbocycles. The summed E-state index contributed by atoms with van der Waals surface area (Å²) < 4.78 is 23.2. The van der Waals surface area contributed by atoms with Gasteiger partial charge in [-0.25, -0.2) is 0 Å². The van der Waals surface area contributed by atoms with Crippen LogP contribution in [0.3, 0.4) is 0 Å². The number of nitrogens with one attached hydrogen (secondary N) is 1. The van der Waals surface area contributed by atoms with E-state index in [4.69, 9.17) is 18.9 Å². The molecule has 2 aromatic rings. The van der Waals surface area contributed by atoms with Crippen LogP contribution in [0.4, 0.5) is 0 Å². The summed E-state index contributed by atoms with van der Waals surface area (Å²) >= 11 is 0. The Balaban J connectivity index is 1.39. The molecule has 4 rings (SSSR count). The molecule has 2 aromatic carbocycles. The zero-order valence-electron chi connectivity index (χ0n) is 25.4. The molecule has 2 fully saturated rings. The second-order valence-corrected chi connectivity index (χ2v) is 13.3. The number of hydrogen-bond donors (Lipinski definition) is 1. The smallest absolute Gasteiger partial charge is 0.312 e. The molecule has 0 heterocycles. The van der Waals surface area contributed by atoms with E-state index >= 15 is 0 Å². The van der Waals surface area contributed by atoms with Gasteiger partial charge >= 0.3 is 11.9 Å². The first-order chi connectivity index (χ1) is 19.9. The van der Waals surface area contributed by atoms with E-state index in [1.807, 2.05) is 58.0 Å². The number of carbonyl (C=O) groups is 3. The summed E-state index contributed by atoms with van der Waals surface area (Å²) in [6, 6.07) is 12.7. The molecule has 1 unspecified atom stereocenters. The van der Waals surface area contributed by atoms with E-state index in [9.17, 15) is 14.4 Å². The van der Waals surface area contributed by atoms with E-state index in [-0.39, 0.29) is 36.6 Å². The van der Waals surface area contributed by atoms with Crippen molar-refractivity contribution < 1.29 is 33.3 Å². The lowest BCUT2D eigenvalue weighted by Crippen LogP contribution is -2.41. The molecule has 228 valence electrons. The molecule has 0 bridgehead atoms. The number of hydrogen-bond acceptors (Lipinski definition) is 7. The normalized spacial score (nSPS) is 24.0. The van der Waals surface area contributed by atoms with Gasteiger partial charge < -0.3 is 24.3 Å². The van der Waals surface area contributed by atoms with Crippen molar-refractivity contribution in [3.8, 4) is 11.5 Å². The molecule has 9 heteroatoms. The van der Waals surface area contributed by atoms with Gasteiger partial charge in [0.25, 0.3) is 5.91 Å². The highest BCUT2D eigenvalue weighted by molar-refractivity contribution is 7.27. The van der Waals surface area contributed by atoms with Crippen LogP contribution in [0.5, 0.6) is 11.5 Å². The summed E-state index contributed by atoms with van der Waals surface area (Å²) in [5, 5.41) is 3.83. The molecule has 0 aromatic heterocycles. The van der Waals surface area contributed by atoms with Crippen LogP contribution in [-0.2, 0) is 25.7 Å². The van der Waals surface area contributed by atoms with Crippen LogP contribution in [0.2, 0.25) is 0 Å². The third kappa shape index (κ3) is 8.03. The maximum absolute atomic E-state index is 13.5. The van der Waals surface area contributed by atoms with E-state index in [0.717, 1.165) is 17.3 Å². The average molecular weight is 598 g/mol. The van der Waals surface area contributed by atoms with Gasteiger partial charge in [-0.2, -0.15) is 0 Å². The van der Waals surface area contributed by atoms with Gasteiger partial charge in [-0.05, 0) is 83.9 Å². The Morgan fingerprint density at radius 3 is 2.33 bits per heavy atom. The van der Waals surface area contributed by atoms with Crippen molar-refractivity contribution in [2.75, 3.05) is 7.11 Å². The monoisotopic (exact) mass is 597 g/mol. The molecule has 42 heavy (non-hydrogen) atoms. The Morgan fingerprint density at radius 2 is 1.69 bits per heavy atom. The predicted molar refractivity (Wildman–Crippen MR) is 164 cm³/mol. The molecule has 3 atom stereocenters. The Morgan fingerprint density at radius 1 is 1.00 bits per heavy atom. The fourth-order valence-electron chi connectivity index (χ4n) is 5.65. The van der Waals surface area contributed by atoms with Crippen LogP contribution in [0.25, 0.3) is 0 Å². The zero-order valence-corrected chi connectivity index (χ0v) is 26.5. The molecule has 1 amide bonds. The maximum Gasteiger partial charge on any atom is 0.312 e. The number of amides is 1. The standard InChI is InChI=1S/C33H44NO7P/c1-32(2,3)41-31(37)33(4)16-14-22(15-17-33)40-27-18-24(26(38-5)19-28(27)42)29(35)34-25-13-9-12-23(25)30(36)39-20-21-10-7-6-8-11-21/h6-8,10-11,18-19,22-23,25H,9,12-17,20,42H2,1-5H3,(H,34,35)/t22-,23-,25+,33+/m0/s1. The van der Waals surface area contributed by atoms with Gasteiger partial charge in [-0.3, -0.25) is 14.4 Å². The average Bonchev–Trinajstić information content (AvgIpc) is 3.41. The Hall–Kier alpha value is -3.12. The highest BCUT2D eigenvalue weighted by Gasteiger charge is 2.41. The van der Waals surface area contributed by atoms with Crippen molar-refractivity contribution in [1.29, 1.82) is 0 Å². The van der Waals surface area contributed by atoms with Crippen molar-refractivity contribution in [2.45, 2.75) is 97.0 Å². The van der Waals surface area contributed by atoms with Crippen LogP contribution in [0.1, 0.15) is 88.6 Å². The SMILES string of the molecule is COc1cc(P)c(O[C@H]2CC[C@@](C)(C(=O)OC(C)(C)C)CC2)cc1C(=O)N[C@@H]1CCC[C@@H]1C(=O)OCc1ccccc1. The minimum atomic E-state index is -0.540. The molecule has 8 nitrogen and oxygen atoms in total. The van der Waals surface area contributed by atoms with E-state index in [1.54, 1.807) is 12.1 Å². The summed E-state index contributed by atoms with van der Waals surface area (Å²) in [6.45, 7) is 7.81. The van der Waals surface area contributed by atoms with Crippen molar-refractivity contribution in [3.63, 3.8) is 0 Å². The van der Waals surface area contributed by atoms with Gasteiger partial charge in [0.05, 0.1) is 30.1 Å². The van der Waals surface area contributed by atoms with Crippen LogP contribution in [0.15, 0.2) is 42.5 Å². The Kier molecular flexibility index (Phi) is 10.2. The van der Waals surface area contributed by atoms with Gasteiger partial charge in [0.2, 0.25) is 0 Å². The molecule has 2 aliphatic carbocycles. The Labute approximate surface area is 251 Å². The Bertz CT molecular complexity index is 1270. The van der Waals surface area contributed by atoms with Crippen LogP contribution < -0.4 is 20.1 Å². The van der Waals surface area contributed by atoms with Crippen molar-refractivity contribution in [1.82, 2.24) is 5.32 Å². The maximum atomic E-state index is 13.5. The molecule has 0 saturated heterocycles. The minimum absolute atomic E-state index is 0.0947. The summed E-state index contributed by atoms with van der Waals surface area (Å²) in [7, 11) is 4.17. The number of esters is 2. The summed E-state index contributed by atoms with van der Waals surface area (Å²) in [5.74, 6) is -0.196. The quantitative estimate of drug-likeness (QED) is 0.301. The van der Waals surface area contributed by atoms with E-state index in [1.165, 1.54) is 7.11 Å². The topological polar surface area (TPSA) is 100 Å². The summed E-state index contributed by atoms with van der Waals surface area (Å²) in [5.41, 5.74) is 0.202. The molecular weight excluding hydrogens is 553 g/mol. The molecule has 1 N–H and O–H groups in total. The number of ether oxygens (including phenoxy) is 4. The minimum Gasteiger partial charge on any atom is -0.496 e. The lowest BCUT2D eigenvalue weighted by atomic mass is 9.74. The first-order valence-electron chi connectivity index (χ1n) is 14.8.